The number of phosphoric ester groups is 1. The second kappa shape index (κ2) is 14.7. The zero-order valence-corrected chi connectivity index (χ0v) is 24.8. The van der Waals surface area contributed by atoms with Gasteiger partial charge in [0.1, 0.15) is 23.8 Å². The average molecular weight is 686 g/mol. The first-order valence-corrected chi connectivity index (χ1v) is 16.0. The summed E-state index contributed by atoms with van der Waals surface area (Å²) in [6.45, 7) is -1.12. The zero-order valence-electron chi connectivity index (χ0n) is 23.1. The number of carboxylic acid groups (broad SMARTS) is 1. The maximum atomic E-state index is 12.8. The Labute approximate surface area is 256 Å². The van der Waals surface area contributed by atoms with Crippen LogP contribution in [0.4, 0.5) is 9.59 Å². The lowest BCUT2D eigenvalue weighted by Crippen LogP contribution is -2.43. The van der Waals surface area contributed by atoms with Crippen LogP contribution in [0.25, 0.3) is 0 Å². The van der Waals surface area contributed by atoms with Gasteiger partial charge < -0.3 is 38.6 Å². The van der Waals surface area contributed by atoms with E-state index in [-0.39, 0.29) is 11.5 Å². The highest BCUT2D eigenvalue weighted by molar-refractivity contribution is 7.64. The molecule has 2 unspecified atom stereocenters. The zero-order chi connectivity index (χ0) is 33.5. The van der Waals surface area contributed by atoms with Crippen LogP contribution >= 0.6 is 15.4 Å². The van der Waals surface area contributed by atoms with Crippen LogP contribution in [0.2, 0.25) is 0 Å². The maximum absolute atomic E-state index is 12.8. The van der Waals surface area contributed by atoms with Gasteiger partial charge in [-0.3, -0.25) is 28.2 Å². The van der Waals surface area contributed by atoms with Crippen molar-refractivity contribution in [3.05, 3.63) is 93.8 Å². The summed E-state index contributed by atoms with van der Waals surface area (Å²) in [5, 5.41) is 8.74. The SMILES string of the molecule is O=C(O)CP(=O)(O)OP(=O)(O)OC[C@H]1O[C@@H](n2ccc(=O)[nH]c2=O)[C@H](OC(=O)Oc2ccccc2)[C@@H]1OC(=O)Oc1ccccc1. The lowest BCUT2D eigenvalue weighted by Gasteiger charge is -2.24. The highest BCUT2D eigenvalue weighted by Gasteiger charge is 2.52. The van der Waals surface area contributed by atoms with Crippen molar-refractivity contribution in [3.8, 4) is 11.5 Å². The van der Waals surface area contributed by atoms with Gasteiger partial charge in [-0.2, -0.15) is 0 Å². The Kier molecular flexibility index (Phi) is 10.9. The molecule has 0 amide bonds. The van der Waals surface area contributed by atoms with Crippen LogP contribution in [0.3, 0.4) is 0 Å². The summed E-state index contributed by atoms with van der Waals surface area (Å²) >= 11 is 0. The number of benzene rings is 2. The minimum atomic E-state index is -5.52. The van der Waals surface area contributed by atoms with Crippen LogP contribution in [0.15, 0.2) is 82.5 Å². The number of hydrogen-bond donors (Lipinski definition) is 4. The van der Waals surface area contributed by atoms with Crippen molar-refractivity contribution in [3.63, 3.8) is 0 Å². The molecule has 6 atom stereocenters. The number of nitrogens with zero attached hydrogens (tertiary/aromatic N) is 1. The van der Waals surface area contributed by atoms with Crippen molar-refractivity contribution in [2.75, 3.05) is 12.8 Å². The molecule has 46 heavy (non-hydrogen) atoms. The summed E-state index contributed by atoms with van der Waals surface area (Å²) in [7, 11) is -10.7. The Morgan fingerprint density at radius 3 is 1.91 bits per heavy atom. The molecule has 0 saturated carbocycles. The average Bonchev–Trinajstić information content (AvgIpc) is 3.27. The van der Waals surface area contributed by atoms with Crippen molar-refractivity contribution < 1.29 is 70.9 Å². The van der Waals surface area contributed by atoms with E-state index in [1.54, 1.807) is 24.3 Å². The van der Waals surface area contributed by atoms with Crippen LogP contribution in [-0.4, -0.2) is 73.8 Å². The van der Waals surface area contributed by atoms with Gasteiger partial charge in [-0.25, -0.2) is 23.3 Å². The van der Waals surface area contributed by atoms with Gasteiger partial charge in [0.2, 0.25) is 0 Å². The first kappa shape index (κ1) is 34.3. The molecular formula is C25H24N2O17P2. The third kappa shape index (κ3) is 9.69. The van der Waals surface area contributed by atoms with Gasteiger partial charge in [0.05, 0.1) is 6.61 Å². The lowest BCUT2D eigenvalue weighted by molar-refractivity contribution is -0.134. The lowest BCUT2D eigenvalue weighted by atomic mass is 10.1. The number of nitrogens with one attached hydrogen (secondary N) is 1. The number of phosphoric acid groups is 1. The molecule has 1 saturated heterocycles. The molecule has 2 heterocycles. The largest absolute Gasteiger partial charge is 0.514 e. The molecule has 19 nitrogen and oxygen atoms in total. The molecule has 1 fully saturated rings. The van der Waals surface area contributed by atoms with Crippen molar-refractivity contribution >= 4 is 33.7 Å². The predicted octanol–water partition coefficient (Wildman–Crippen LogP) is 2.01. The summed E-state index contributed by atoms with van der Waals surface area (Å²) in [4.78, 5) is 82.4. The summed E-state index contributed by atoms with van der Waals surface area (Å²) in [6, 6.07) is 15.9. The molecule has 1 aromatic heterocycles. The molecule has 21 heteroatoms. The van der Waals surface area contributed by atoms with E-state index in [4.69, 9.17) is 33.3 Å². The normalized spacial score (nSPS) is 21.7. The van der Waals surface area contributed by atoms with Gasteiger partial charge in [-0.15, -0.1) is 0 Å². The van der Waals surface area contributed by atoms with Gasteiger partial charge in [0, 0.05) is 12.3 Å². The molecule has 246 valence electrons. The van der Waals surface area contributed by atoms with Gasteiger partial charge >= 0.3 is 39.4 Å². The number of aromatic amines is 1. The van der Waals surface area contributed by atoms with E-state index in [0.29, 0.717) is 0 Å². The molecule has 3 aromatic rings. The van der Waals surface area contributed by atoms with Crippen molar-refractivity contribution in [2.24, 2.45) is 0 Å². The number of rotatable bonds is 12. The van der Waals surface area contributed by atoms with E-state index in [9.17, 15) is 42.9 Å². The molecule has 1 aliphatic rings. The van der Waals surface area contributed by atoms with E-state index in [1.807, 2.05) is 4.98 Å². The fourth-order valence-corrected chi connectivity index (χ4v) is 6.34. The van der Waals surface area contributed by atoms with E-state index in [1.165, 1.54) is 36.4 Å². The molecule has 1 aliphatic heterocycles. The number of aliphatic carboxylic acids is 1. The number of ether oxygens (including phenoxy) is 5. The number of aromatic nitrogens is 2. The summed E-state index contributed by atoms with van der Waals surface area (Å²) in [5.41, 5.74) is -1.90. The van der Waals surface area contributed by atoms with Crippen molar-refractivity contribution in [1.82, 2.24) is 9.55 Å². The number of para-hydroxylation sites is 2. The minimum Gasteiger partial charge on any atom is -0.481 e. The predicted molar refractivity (Wildman–Crippen MR) is 149 cm³/mol. The van der Waals surface area contributed by atoms with E-state index >= 15 is 0 Å². The topological polar surface area (TPSA) is 266 Å². The van der Waals surface area contributed by atoms with Gasteiger partial charge in [0.15, 0.2) is 18.4 Å². The number of H-pyrrole nitrogens is 1. The van der Waals surface area contributed by atoms with Crippen molar-refractivity contribution in [1.29, 1.82) is 0 Å². The highest BCUT2D eigenvalue weighted by atomic mass is 31.3. The fraction of sp³-hybridized carbons (Fsp3) is 0.240. The molecule has 0 spiro atoms. The van der Waals surface area contributed by atoms with Gasteiger partial charge in [0.25, 0.3) is 5.56 Å². The molecule has 4 N–H and O–H groups in total. The molecule has 0 bridgehead atoms. The van der Waals surface area contributed by atoms with E-state index in [2.05, 4.69) is 4.31 Å². The second-order valence-corrected chi connectivity index (χ2v) is 12.6. The van der Waals surface area contributed by atoms with Crippen LogP contribution in [-0.2, 0) is 37.0 Å². The Bertz CT molecular complexity index is 1760. The smallest absolute Gasteiger partial charge is 0.481 e. The Hall–Kier alpha value is -4.61. The minimum absolute atomic E-state index is 0.0129. The molecule has 2 aromatic carbocycles. The molecule has 4 rings (SSSR count). The first-order valence-electron chi connectivity index (χ1n) is 12.8. The van der Waals surface area contributed by atoms with Crippen LogP contribution in [0, 0.1) is 0 Å². The molecular weight excluding hydrogens is 662 g/mol. The Morgan fingerprint density at radius 2 is 1.39 bits per heavy atom. The standard InChI is InChI=1S/C25H24N2O17P2/c28-18-11-12-27(23(31)26-18)22-21(43-25(33)40-16-9-5-2-6-10-16)20(42-24(32)39-15-7-3-1-4-8-15)17(41-22)13-38-46(36,37)44-45(34,35)14-19(29)30/h1-12,17,20-22H,13-14H2,(H,29,30)(H,34,35)(H,36,37)(H,26,28,31)/t17-,20-,21-,22-/m1/s1. The first-order chi connectivity index (χ1) is 21.7. The Balaban J connectivity index is 1.65. The molecule has 0 radical (unpaired) electrons. The van der Waals surface area contributed by atoms with Gasteiger partial charge in [-0.1, -0.05) is 36.4 Å². The van der Waals surface area contributed by atoms with Crippen molar-refractivity contribution in [2.45, 2.75) is 24.5 Å². The third-order valence-corrected chi connectivity index (χ3v) is 8.72. The fourth-order valence-electron chi connectivity index (χ4n) is 3.95. The number of carbonyl (C=O) groups is 3. The van der Waals surface area contributed by atoms with Crippen LogP contribution in [0.1, 0.15) is 6.23 Å². The summed E-state index contributed by atoms with van der Waals surface area (Å²) in [6.07, 6.45) is -10.5. The molecule has 0 aliphatic carbocycles. The third-order valence-electron chi connectivity index (χ3n) is 5.73. The summed E-state index contributed by atoms with van der Waals surface area (Å²) in [5.74, 6) is -1.79. The number of carbonyl (C=O) groups excluding carboxylic acids is 2. The Morgan fingerprint density at radius 1 is 0.848 bits per heavy atom. The quantitative estimate of drug-likeness (QED) is 0.121. The highest BCUT2D eigenvalue weighted by Crippen LogP contribution is 2.59. The maximum Gasteiger partial charge on any atom is 0.514 e. The van der Waals surface area contributed by atoms with Crippen LogP contribution < -0.4 is 20.7 Å². The summed E-state index contributed by atoms with van der Waals surface area (Å²) < 4.78 is 60.6. The van der Waals surface area contributed by atoms with E-state index < -0.39 is 82.3 Å². The van der Waals surface area contributed by atoms with E-state index in [0.717, 1.165) is 16.8 Å². The monoisotopic (exact) mass is 686 g/mol. The van der Waals surface area contributed by atoms with Crippen LogP contribution in [0.5, 0.6) is 11.5 Å². The van der Waals surface area contributed by atoms with Gasteiger partial charge in [-0.05, 0) is 24.3 Å². The second-order valence-electron chi connectivity index (χ2n) is 9.11. The number of carboxylic acids is 1. The number of hydrogen-bond acceptors (Lipinski definition) is 14.